The molecule has 0 unspecified atom stereocenters. The Hall–Kier alpha value is -1.33. The van der Waals surface area contributed by atoms with Crippen LogP contribution in [-0.4, -0.2) is 27.5 Å². The van der Waals surface area contributed by atoms with E-state index in [2.05, 4.69) is 15.3 Å². The number of hydrogen-bond acceptors (Lipinski definition) is 3. The van der Waals surface area contributed by atoms with E-state index in [4.69, 9.17) is 23.2 Å². The van der Waals surface area contributed by atoms with Crippen LogP contribution in [0.2, 0.25) is 10.2 Å². The summed E-state index contributed by atoms with van der Waals surface area (Å²) in [5, 5.41) is 3.56. The van der Waals surface area contributed by atoms with Gasteiger partial charge in [0.2, 0.25) is 5.91 Å². The smallest absolute Gasteiger partial charge is 0.222 e. The number of nitrogens with zero attached hydrogens (tertiary/aromatic N) is 3. The molecule has 5 nitrogen and oxygen atoms in total. The molecule has 0 aliphatic heterocycles. The van der Waals surface area contributed by atoms with Crippen molar-refractivity contribution in [3.05, 3.63) is 22.6 Å². The monoisotopic (exact) mass is 312 g/mol. The van der Waals surface area contributed by atoms with Crippen molar-refractivity contribution in [2.45, 2.75) is 25.3 Å². The molecule has 0 bridgehead atoms. The third-order valence-corrected chi connectivity index (χ3v) is 4.35. The fourth-order valence-electron chi connectivity index (χ4n) is 2.86. The summed E-state index contributed by atoms with van der Waals surface area (Å²) in [5.74, 6) is 0.151. The Labute approximate surface area is 126 Å². The van der Waals surface area contributed by atoms with Gasteiger partial charge >= 0.3 is 0 Å². The molecule has 0 saturated heterocycles. The lowest BCUT2D eigenvalue weighted by Gasteiger charge is -2.13. The van der Waals surface area contributed by atoms with Crippen LogP contribution in [-0.2, 0) is 4.79 Å². The fourth-order valence-corrected chi connectivity index (χ4v) is 3.34. The van der Waals surface area contributed by atoms with E-state index < -0.39 is 0 Å². The van der Waals surface area contributed by atoms with E-state index in [1.807, 2.05) is 4.57 Å². The maximum Gasteiger partial charge on any atom is 0.222 e. The van der Waals surface area contributed by atoms with Gasteiger partial charge in [0.1, 0.15) is 10.7 Å². The van der Waals surface area contributed by atoms with Crippen LogP contribution in [0.1, 0.15) is 25.3 Å². The first-order chi connectivity index (χ1) is 9.60. The minimum Gasteiger partial charge on any atom is -0.359 e. The van der Waals surface area contributed by atoms with Gasteiger partial charge in [0.15, 0.2) is 5.65 Å². The van der Waals surface area contributed by atoms with Gasteiger partial charge in [-0.15, -0.1) is 0 Å². The summed E-state index contributed by atoms with van der Waals surface area (Å²) in [6, 6.07) is 1.80. The number of nitrogens with one attached hydrogen (secondary N) is 1. The summed E-state index contributed by atoms with van der Waals surface area (Å²) < 4.78 is 1.98. The Kier molecular flexibility index (Phi) is 3.56. The lowest BCUT2D eigenvalue weighted by Crippen LogP contribution is -2.25. The lowest BCUT2D eigenvalue weighted by molar-refractivity contribution is -0.124. The first-order valence-corrected chi connectivity index (χ1v) is 7.26. The topological polar surface area (TPSA) is 59.8 Å². The summed E-state index contributed by atoms with van der Waals surface area (Å²) in [6.07, 6.45) is 4.32. The van der Waals surface area contributed by atoms with Gasteiger partial charge < -0.3 is 9.88 Å². The number of imidazole rings is 1. The normalized spacial score (nSPS) is 22.4. The number of pyridine rings is 1. The molecule has 7 heteroatoms. The van der Waals surface area contributed by atoms with Gasteiger partial charge in [-0.3, -0.25) is 4.79 Å². The maximum absolute atomic E-state index is 11.7. The molecule has 0 aromatic carbocycles. The molecule has 106 valence electrons. The van der Waals surface area contributed by atoms with Crippen LogP contribution < -0.4 is 5.32 Å². The van der Waals surface area contributed by atoms with E-state index in [1.165, 1.54) is 0 Å². The maximum atomic E-state index is 11.7. The van der Waals surface area contributed by atoms with Gasteiger partial charge in [-0.1, -0.05) is 23.2 Å². The lowest BCUT2D eigenvalue weighted by atomic mass is 10.1. The molecule has 2 aromatic heterocycles. The van der Waals surface area contributed by atoms with Gasteiger partial charge in [-0.25, -0.2) is 9.97 Å². The zero-order valence-corrected chi connectivity index (χ0v) is 12.4. The molecule has 2 aromatic rings. The molecule has 20 heavy (non-hydrogen) atoms. The van der Waals surface area contributed by atoms with Crippen molar-refractivity contribution < 1.29 is 4.79 Å². The van der Waals surface area contributed by atoms with E-state index in [1.54, 1.807) is 19.4 Å². The van der Waals surface area contributed by atoms with Crippen LogP contribution in [0, 0.1) is 5.92 Å². The van der Waals surface area contributed by atoms with Gasteiger partial charge in [0.05, 0.1) is 11.3 Å². The second kappa shape index (κ2) is 5.22. The summed E-state index contributed by atoms with van der Waals surface area (Å²) >= 11 is 12.1. The van der Waals surface area contributed by atoms with Crippen LogP contribution in [0.15, 0.2) is 12.4 Å². The largest absolute Gasteiger partial charge is 0.359 e. The fraction of sp³-hybridized carbons (Fsp3) is 0.462. The zero-order valence-electron chi connectivity index (χ0n) is 10.9. The minimum absolute atomic E-state index is 0.0529. The first kappa shape index (κ1) is 13.6. The molecule has 0 radical (unpaired) electrons. The van der Waals surface area contributed by atoms with Crippen molar-refractivity contribution in [3.8, 4) is 0 Å². The van der Waals surface area contributed by atoms with Gasteiger partial charge in [-0.05, 0) is 25.3 Å². The number of amides is 1. The third kappa shape index (κ3) is 2.25. The Morgan fingerprint density at radius 1 is 1.45 bits per heavy atom. The molecule has 0 spiro atoms. The number of aromatic nitrogens is 3. The van der Waals surface area contributed by atoms with Crippen molar-refractivity contribution in [3.63, 3.8) is 0 Å². The number of hydrogen-bond donors (Lipinski definition) is 1. The summed E-state index contributed by atoms with van der Waals surface area (Å²) in [4.78, 5) is 20.3. The number of fused-ring (bicyclic) bond motifs is 1. The molecule has 2 heterocycles. The molecule has 2 atom stereocenters. The molecule has 1 N–H and O–H groups in total. The van der Waals surface area contributed by atoms with Crippen LogP contribution in [0.4, 0.5) is 0 Å². The average Bonchev–Trinajstić information content (AvgIpc) is 3.03. The second-order valence-corrected chi connectivity index (χ2v) is 5.82. The second-order valence-electron chi connectivity index (χ2n) is 5.03. The quantitative estimate of drug-likeness (QED) is 0.867. The Morgan fingerprint density at radius 2 is 2.25 bits per heavy atom. The summed E-state index contributed by atoms with van der Waals surface area (Å²) in [7, 11) is 1.67. The molecular weight excluding hydrogens is 299 g/mol. The molecule has 1 saturated carbocycles. The molecule has 1 aliphatic rings. The van der Waals surface area contributed by atoms with Crippen LogP contribution in [0.25, 0.3) is 11.2 Å². The van der Waals surface area contributed by atoms with Crippen molar-refractivity contribution in [1.29, 1.82) is 0 Å². The van der Waals surface area contributed by atoms with E-state index in [0.717, 1.165) is 19.3 Å². The highest BCUT2D eigenvalue weighted by atomic mass is 35.5. The van der Waals surface area contributed by atoms with Crippen molar-refractivity contribution >= 4 is 40.3 Å². The summed E-state index contributed by atoms with van der Waals surface area (Å²) in [5.41, 5.74) is 1.34. The SMILES string of the molecule is CNC(=O)[C@@H]1CC[C@H](n2cnc3c(Cl)cc(Cl)nc32)C1. The van der Waals surface area contributed by atoms with Gasteiger partial charge in [-0.2, -0.15) is 0 Å². The highest BCUT2D eigenvalue weighted by Crippen LogP contribution is 2.37. The van der Waals surface area contributed by atoms with Crippen LogP contribution in [0.5, 0.6) is 0 Å². The third-order valence-electron chi connectivity index (χ3n) is 3.87. The first-order valence-electron chi connectivity index (χ1n) is 6.50. The number of rotatable bonds is 2. The van der Waals surface area contributed by atoms with E-state index in [0.29, 0.717) is 21.3 Å². The van der Waals surface area contributed by atoms with E-state index in [-0.39, 0.29) is 17.9 Å². The van der Waals surface area contributed by atoms with Crippen molar-refractivity contribution in [2.24, 2.45) is 5.92 Å². The molecule has 3 rings (SSSR count). The standard InChI is InChI=1S/C13H14Cl2N4O/c1-16-13(20)7-2-3-8(4-7)19-6-17-11-9(14)5-10(15)18-12(11)19/h5-8H,2-4H2,1H3,(H,16,20)/t7-,8+/m1/s1. The predicted octanol–water partition coefficient (Wildman–Crippen LogP) is 2.83. The number of carbonyl (C=O) groups excluding carboxylic acids is 1. The Morgan fingerprint density at radius 3 is 3.00 bits per heavy atom. The average molecular weight is 313 g/mol. The van der Waals surface area contributed by atoms with Gasteiger partial charge in [0, 0.05) is 19.0 Å². The van der Waals surface area contributed by atoms with Crippen molar-refractivity contribution in [2.75, 3.05) is 7.05 Å². The summed E-state index contributed by atoms with van der Waals surface area (Å²) in [6.45, 7) is 0. The highest BCUT2D eigenvalue weighted by Gasteiger charge is 2.31. The minimum atomic E-state index is 0.0529. The Balaban J connectivity index is 1.94. The van der Waals surface area contributed by atoms with E-state index >= 15 is 0 Å². The predicted molar refractivity (Wildman–Crippen MR) is 78.0 cm³/mol. The number of carbonyl (C=O) groups is 1. The van der Waals surface area contributed by atoms with E-state index in [9.17, 15) is 4.79 Å². The molecule has 1 amide bonds. The number of halogens is 2. The molecule has 1 aliphatic carbocycles. The van der Waals surface area contributed by atoms with Crippen LogP contribution >= 0.6 is 23.2 Å². The molecule has 1 fully saturated rings. The zero-order chi connectivity index (χ0) is 14.3. The highest BCUT2D eigenvalue weighted by molar-refractivity contribution is 6.37. The van der Waals surface area contributed by atoms with Crippen molar-refractivity contribution in [1.82, 2.24) is 19.9 Å². The van der Waals surface area contributed by atoms with Crippen LogP contribution in [0.3, 0.4) is 0 Å². The Bertz CT molecular complexity index is 670. The van der Waals surface area contributed by atoms with Gasteiger partial charge in [0.25, 0.3) is 0 Å². The molecular formula is C13H14Cl2N4O.